The van der Waals surface area contributed by atoms with E-state index in [1.165, 1.54) is 19.2 Å². The summed E-state index contributed by atoms with van der Waals surface area (Å²) in [5, 5.41) is 11.0. The van der Waals surface area contributed by atoms with E-state index in [2.05, 4.69) is 0 Å². The first-order chi connectivity index (χ1) is 11.0. The average Bonchev–Trinajstić information content (AvgIpc) is 2.54. The van der Waals surface area contributed by atoms with Crippen LogP contribution in [0.1, 0.15) is 23.7 Å². The lowest BCUT2D eigenvalue weighted by Crippen LogP contribution is -2.19. The van der Waals surface area contributed by atoms with Crippen molar-refractivity contribution in [3.63, 3.8) is 0 Å². The van der Waals surface area contributed by atoms with Crippen LogP contribution in [0.15, 0.2) is 36.4 Å². The molecule has 0 aromatic heterocycles. The third-order valence-electron chi connectivity index (χ3n) is 3.96. The summed E-state index contributed by atoms with van der Waals surface area (Å²) in [7, 11) is 1.33. The molecule has 1 aliphatic heterocycles. The molecule has 0 N–H and O–H groups in total. The SMILES string of the molecule is COC(=O)CC1Oc2ccc([N+](=O)[O-])cc2-c2cccc(C)c21. The van der Waals surface area contributed by atoms with Crippen molar-refractivity contribution in [3.8, 4) is 16.9 Å². The number of nitro benzene ring substituents is 1. The highest BCUT2D eigenvalue weighted by Crippen LogP contribution is 2.45. The van der Waals surface area contributed by atoms with Gasteiger partial charge in [-0.05, 0) is 24.1 Å². The Kier molecular flexibility index (Phi) is 3.73. The fraction of sp³-hybridized carbons (Fsp3) is 0.235. The Morgan fingerprint density at radius 3 is 2.78 bits per heavy atom. The summed E-state index contributed by atoms with van der Waals surface area (Å²) in [5.74, 6) is 0.164. The lowest BCUT2D eigenvalue weighted by molar-refractivity contribution is -0.384. The Morgan fingerprint density at radius 2 is 2.09 bits per heavy atom. The number of fused-ring (bicyclic) bond motifs is 3. The first-order valence-corrected chi connectivity index (χ1v) is 7.13. The molecular weight excluding hydrogens is 298 g/mol. The van der Waals surface area contributed by atoms with Crippen LogP contribution < -0.4 is 4.74 Å². The van der Waals surface area contributed by atoms with Gasteiger partial charge < -0.3 is 9.47 Å². The van der Waals surface area contributed by atoms with Crippen molar-refractivity contribution in [1.29, 1.82) is 0 Å². The van der Waals surface area contributed by atoms with Gasteiger partial charge in [-0.3, -0.25) is 14.9 Å². The molecule has 0 spiro atoms. The molecule has 23 heavy (non-hydrogen) atoms. The summed E-state index contributed by atoms with van der Waals surface area (Å²) in [4.78, 5) is 22.2. The van der Waals surface area contributed by atoms with E-state index in [-0.39, 0.29) is 18.1 Å². The van der Waals surface area contributed by atoms with Gasteiger partial charge in [0, 0.05) is 23.3 Å². The van der Waals surface area contributed by atoms with Crippen LogP contribution in [0.4, 0.5) is 5.69 Å². The molecule has 118 valence electrons. The third-order valence-corrected chi connectivity index (χ3v) is 3.96. The van der Waals surface area contributed by atoms with Gasteiger partial charge in [0.2, 0.25) is 0 Å². The number of ether oxygens (including phenoxy) is 2. The minimum atomic E-state index is -0.465. The number of benzene rings is 2. The van der Waals surface area contributed by atoms with Gasteiger partial charge in [-0.2, -0.15) is 0 Å². The molecular formula is C17H15NO5. The average molecular weight is 313 g/mol. The first-order valence-electron chi connectivity index (χ1n) is 7.13. The number of carbonyl (C=O) groups is 1. The van der Waals surface area contributed by atoms with Crippen LogP contribution in [-0.2, 0) is 9.53 Å². The Hall–Kier alpha value is -2.89. The quantitative estimate of drug-likeness (QED) is 0.492. The molecule has 0 amide bonds. The number of nitro groups is 1. The number of non-ortho nitro benzene ring substituents is 1. The van der Waals surface area contributed by atoms with Crippen LogP contribution in [0.5, 0.6) is 5.75 Å². The van der Waals surface area contributed by atoms with Gasteiger partial charge in [0.05, 0.1) is 18.5 Å². The molecule has 0 radical (unpaired) electrons. The van der Waals surface area contributed by atoms with E-state index in [0.717, 1.165) is 16.7 Å². The van der Waals surface area contributed by atoms with E-state index in [4.69, 9.17) is 9.47 Å². The maximum Gasteiger partial charge on any atom is 0.309 e. The van der Waals surface area contributed by atoms with E-state index in [1.807, 2.05) is 25.1 Å². The summed E-state index contributed by atoms with van der Waals surface area (Å²) >= 11 is 0. The Morgan fingerprint density at radius 1 is 1.30 bits per heavy atom. The molecule has 0 bridgehead atoms. The summed E-state index contributed by atoms with van der Waals surface area (Å²) in [5.41, 5.74) is 3.36. The van der Waals surface area contributed by atoms with E-state index < -0.39 is 11.0 Å². The lowest BCUT2D eigenvalue weighted by atomic mass is 9.88. The number of hydrogen-bond donors (Lipinski definition) is 0. The molecule has 1 atom stereocenters. The molecule has 0 aliphatic carbocycles. The zero-order valence-electron chi connectivity index (χ0n) is 12.7. The molecule has 0 fully saturated rings. The molecule has 1 aliphatic rings. The van der Waals surface area contributed by atoms with Gasteiger partial charge in [-0.1, -0.05) is 18.2 Å². The molecule has 6 nitrogen and oxygen atoms in total. The Bertz CT molecular complexity index is 800. The van der Waals surface area contributed by atoms with Gasteiger partial charge >= 0.3 is 5.97 Å². The van der Waals surface area contributed by atoms with Crippen molar-refractivity contribution in [3.05, 3.63) is 57.6 Å². The monoisotopic (exact) mass is 313 g/mol. The second-order valence-corrected chi connectivity index (χ2v) is 5.36. The molecule has 2 aromatic carbocycles. The van der Waals surface area contributed by atoms with Gasteiger partial charge in [0.25, 0.3) is 5.69 Å². The number of aryl methyl sites for hydroxylation is 1. The molecule has 1 heterocycles. The highest BCUT2D eigenvalue weighted by atomic mass is 16.6. The molecule has 0 saturated heterocycles. The minimum absolute atomic E-state index is 0.00576. The second-order valence-electron chi connectivity index (χ2n) is 5.36. The van der Waals surface area contributed by atoms with Gasteiger partial charge in [0.1, 0.15) is 11.9 Å². The number of nitrogens with zero attached hydrogens (tertiary/aromatic N) is 1. The zero-order valence-corrected chi connectivity index (χ0v) is 12.7. The van der Waals surface area contributed by atoms with Gasteiger partial charge in [-0.15, -0.1) is 0 Å². The van der Waals surface area contributed by atoms with Crippen LogP contribution in [-0.4, -0.2) is 18.0 Å². The highest BCUT2D eigenvalue weighted by Gasteiger charge is 2.30. The number of rotatable bonds is 3. The van der Waals surface area contributed by atoms with E-state index in [9.17, 15) is 14.9 Å². The van der Waals surface area contributed by atoms with Crippen LogP contribution in [0.3, 0.4) is 0 Å². The third kappa shape index (κ3) is 2.63. The summed E-state index contributed by atoms with van der Waals surface area (Å²) in [6.07, 6.45) is -0.377. The summed E-state index contributed by atoms with van der Waals surface area (Å²) in [6, 6.07) is 10.2. The Balaban J connectivity index is 2.15. The minimum Gasteiger partial charge on any atom is -0.484 e. The smallest absolute Gasteiger partial charge is 0.309 e. The van der Waals surface area contributed by atoms with Gasteiger partial charge in [0.15, 0.2) is 0 Å². The predicted molar refractivity (Wildman–Crippen MR) is 83.3 cm³/mol. The van der Waals surface area contributed by atoms with Crippen molar-refractivity contribution in [1.82, 2.24) is 0 Å². The standard InChI is InChI=1S/C17H15NO5/c1-10-4-3-5-12-13-8-11(18(20)21)6-7-14(13)23-15(17(10)12)9-16(19)22-2/h3-8,15H,9H2,1-2H3. The first kappa shape index (κ1) is 15.0. The summed E-state index contributed by atoms with van der Waals surface area (Å²) < 4.78 is 10.7. The van der Waals surface area contributed by atoms with E-state index in [1.54, 1.807) is 6.07 Å². The van der Waals surface area contributed by atoms with Crippen molar-refractivity contribution >= 4 is 11.7 Å². The highest BCUT2D eigenvalue weighted by molar-refractivity contribution is 5.80. The normalized spacial score (nSPS) is 15.1. The van der Waals surface area contributed by atoms with Crippen molar-refractivity contribution < 1.29 is 19.2 Å². The fourth-order valence-corrected chi connectivity index (χ4v) is 2.88. The van der Waals surface area contributed by atoms with Crippen molar-refractivity contribution in [2.24, 2.45) is 0 Å². The largest absolute Gasteiger partial charge is 0.484 e. The maximum absolute atomic E-state index is 11.7. The Labute approximate surface area is 132 Å². The van der Waals surface area contributed by atoms with Gasteiger partial charge in [-0.25, -0.2) is 0 Å². The molecule has 1 unspecified atom stereocenters. The number of esters is 1. The van der Waals surface area contributed by atoms with Crippen molar-refractivity contribution in [2.75, 3.05) is 7.11 Å². The predicted octanol–water partition coefficient (Wildman–Crippen LogP) is 3.57. The molecule has 6 heteroatoms. The molecule has 3 rings (SSSR count). The molecule has 2 aromatic rings. The second kappa shape index (κ2) is 5.72. The van der Waals surface area contributed by atoms with Crippen LogP contribution in [0, 0.1) is 17.0 Å². The molecule has 0 saturated carbocycles. The van der Waals surface area contributed by atoms with Crippen LogP contribution in [0.2, 0.25) is 0 Å². The topological polar surface area (TPSA) is 78.7 Å². The van der Waals surface area contributed by atoms with Crippen LogP contribution >= 0.6 is 0 Å². The zero-order chi connectivity index (χ0) is 16.6. The van der Waals surface area contributed by atoms with E-state index >= 15 is 0 Å². The lowest BCUT2D eigenvalue weighted by Gasteiger charge is -2.29. The number of methoxy groups -OCH3 is 1. The number of carbonyl (C=O) groups excluding carboxylic acids is 1. The number of hydrogen-bond acceptors (Lipinski definition) is 5. The maximum atomic E-state index is 11.7. The summed E-state index contributed by atoms with van der Waals surface area (Å²) in [6.45, 7) is 1.93. The van der Waals surface area contributed by atoms with Crippen molar-refractivity contribution in [2.45, 2.75) is 19.4 Å². The fourth-order valence-electron chi connectivity index (χ4n) is 2.88. The van der Waals surface area contributed by atoms with Crippen LogP contribution in [0.25, 0.3) is 11.1 Å². The van der Waals surface area contributed by atoms with E-state index in [0.29, 0.717) is 11.3 Å².